The van der Waals surface area contributed by atoms with E-state index in [-0.39, 0.29) is 6.04 Å². The Bertz CT molecular complexity index is 391. The molecule has 114 valence electrons. The highest BCUT2D eigenvalue weighted by atomic mass is 16.5. The van der Waals surface area contributed by atoms with Crippen molar-refractivity contribution in [1.29, 1.82) is 0 Å². The third-order valence-corrected chi connectivity index (χ3v) is 2.72. The monoisotopic (exact) mass is 281 g/mol. The Morgan fingerprint density at radius 3 is 2.45 bits per heavy atom. The minimum absolute atomic E-state index is 0.135. The SMILES string of the molecule is COc1cc(CC(C)N)ccc1OCCOCC(C)C. The number of rotatable bonds is 9. The number of hydrogen-bond acceptors (Lipinski definition) is 4. The van der Waals surface area contributed by atoms with Crippen molar-refractivity contribution in [2.45, 2.75) is 33.2 Å². The van der Waals surface area contributed by atoms with E-state index in [1.807, 2.05) is 25.1 Å². The van der Waals surface area contributed by atoms with E-state index in [0.29, 0.717) is 19.1 Å². The quantitative estimate of drug-likeness (QED) is 0.707. The van der Waals surface area contributed by atoms with Gasteiger partial charge in [-0.1, -0.05) is 19.9 Å². The highest BCUT2D eigenvalue weighted by Crippen LogP contribution is 2.28. The van der Waals surface area contributed by atoms with Crippen LogP contribution < -0.4 is 15.2 Å². The minimum atomic E-state index is 0.135. The van der Waals surface area contributed by atoms with Gasteiger partial charge >= 0.3 is 0 Å². The summed E-state index contributed by atoms with van der Waals surface area (Å²) in [6.45, 7) is 8.11. The summed E-state index contributed by atoms with van der Waals surface area (Å²) in [6, 6.07) is 6.07. The Morgan fingerprint density at radius 1 is 1.10 bits per heavy atom. The summed E-state index contributed by atoms with van der Waals surface area (Å²) >= 11 is 0. The lowest BCUT2D eigenvalue weighted by Gasteiger charge is -2.13. The molecule has 0 aliphatic heterocycles. The van der Waals surface area contributed by atoms with Crippen LogP contribution in [0.3, 0.4) is 0 Å². The molecule has 1 aromatic carbocycles. The molecule has 0 spiro atoms. The maximum Gasteiger partial charge on any atom is 0.161 e. The van der Waals surface area contributed by atoms with Crippen LogP contribution in [0.1, 0.15) is 26.3 Å². The average Bonchev–Trinajstić information content (AvgIpc) is 2.38. The second-order valence-corrected chi connectivity index (χ2v) is 5.48. The normalized spacial score (nSPS) is 12.5. The molecule has 1 unspecified atom stereocenters. The van der Waals surface area contributed by atoms with Crippen LogP contribution in [-0.4, -0.2) is 33.0 Å². The molecule has 0 radical (unpaired) electrons. The fourth-order valence-corrected chi connectivity index (χ4v) is 1.86. The third-order valence-electron chi connectivity index (χ3n) is 2.72. The minimum Gasteiger partial charge on any atom is -0.493 e. The zero-order valence-corrected chi connectivity index (χ0v) is 13.0. The van der Waals surface area contributed by atoms with Crippen molar-refractivity contribution in [2.75, 3.05) is 26.9 Å². The molecule has 4 nitrogen and oxygen atoms in total. The lowest BCUT2D eigenvalue weighted by molar-refractivity contribution is 0.0811. The van der Waals surface area contributed by atoms with Gasteiger partial charge in [0, 0.05) is 12.6 Å². The molecular weight excluding hydrogens is 254 g/mol. The van der Waals surface area contributed by atoms with E-state index < -0.39 is 0 Å². The van der Waals surface area contributed by atoms with Crippen molar-refractivity contribution in [3.8, 4) is 11.5 Å². The van der Waals surface area contributed by atoms with Crippen molar-refractivity contribution < 1.29 is 14.2 Å². The highest BCUT2D eigenvalue weighted by molar-refractivity contribution is 5.43. The number of methoxy groups -OCH3 is 1. The Hall–Kier alpha value is -1.26. The highest BCUT2D eigenvalue weighted by Gasteiger charge is 2.07. The Balaban J connectivity index is 2.48. The van der Waals surface area contributed by atoms with Gasteiger partial charge in [0.15, 0.2) is 11.5 Å². The summed E-state index contributed by atoms with van der Waals surface area (Å²) in [5.41, 5.74) is 6.96. The van der Waals surface area contributed by atoms with Crippen LogP contribution in [0, 0.1) is 5.92 Å². The molecule has 1 rings (SSSR count). The van der Waals surface area contributed by atoms with E-state index in [1.54, 1.807) is 7.11 Å². The van der Waals surface area contributed by atoms with Crippen LogP contribution in [0.25, 0.3) is 0 Å². The predicted molar refractivity (Wildman–Crippen MR) is 81.5 cm³/mol. The Labute approximate surface area is 122 Å². The molecule has 0 saturated heterocycles. The fraction of sp³-hybridized carbons (Fsp3) is 0.625. The van der Waals surface area contributed by atoms with E-state index in [2.05, 4.69) is 13.8 Å². The number of benzene rings is 1. The second-order valence-electron chi connectivity index (χ2n) is 5.48. The van der Waals surface area contributed by atoms with Crippen LogP contribution in [-0.2, 0) is 11.2 Å². The molecule has 20 heavy (non-hydrogen) atoms. The maximum absolute atomic E-state index is 5.80. The van der Waals surface area contributed by atoms with Crippen LogP contribution in [0.15, 0.2) is 18.2 Å². The molecule has 1 aromatic rings. The first-order chi connectivity index (χ1) is 9.52. The van der Waals surface area contributed by atoms with Gasteiger partial charge in [-0.25, -0.2) is 0 Å². The Kier molecular flexibility index (Phi) is 7.41. The largest absolute Gasteiger partial charge is 0.493 e. The first-order valence-electron chi connectivity index (χ1n) is 7.16. The molecule has 0 amide bonds. The van der Waals surface area contributed by atoms with Crippen LogP contribution in [0.5, 0.6) is 11.5 Å². The van der Waals surface area contributed by atoms with Gasteiger partial charge in [-0.3, -0.25) is 0 Å². The summed E-state index contributed by atoms with van der Waals surface area (Å²) in [6.07, 6.45) is 0.828. The molecule has 1 atom stereocenters. The van der Waals surface area contributed by atoms with E-state index in [4.69, 9.17) is 19.9 Å². The lowest BCUT2D eigenvalue weighted by atomic mass is 10.1. The molecule has 0 fully saturated rings. The topological polar surface area (TPSA) is 53.7 Å². The molecule has 0 saturated carbocycles. The number of ether oxygens (including phenoxy) is 3. The first-order valence-corrected chi connectivity index (χ1v) is 7.16. The predicted octanol–water partition coefficient (Wildman–Crippen LogP) is 2.64. The van der Waals surface area contributed by atoms with Crippen molar-refractivity contribution >= 4 is 0 Å². The second kappa shape index (κ2) is 8.82. The van der Waals surface area contributed by atoms with Gasteiger partial charge < -0.3 is 19.9 Å². The van der Waals surface area contributed by atoms with Crippen LogP contribution in [0.2, 0.25) is 0 Å². The van der Waals surface area contributed by atoms with Crippen molar-refractivity contribution in [2.24, 2.45) is 11.7 Å². The molecule has 0 heterocycles. The van der Waals surface area contributed by atoms with E-state index >= 15 is 0 Å². The van der Waals surface area contributed by atoms with Gasteiger partial charge in [0.25, 0.3) is 0 Å². The number of hydrogen-bond donors (Lipinski definition) is 1. The van der Waals surface area contributed by atoms with Crippen LogP contribution >= 0.6 is 0 Å². The maximum atomic E-state index is 5.80. The zero-order valence-electron chi connectivity index (χ0n) is 13.0. The molecule has 0 bridgehead atoms. The van der Waals surface area contributed by atoms with Gasteiger partial charge in [0.1, 0.15) is 6.61 Å². The summed E-state index contributed by atoms with van der Waals surface area (Å²) in [5, 5.41) is 0. The van der Waals surface area contributed by atoms with Gasteiger partial charge in [0.2, 0.25) is 0 Å². The molecule has 2 N–H and O–H groups in total. The average molecular weight is 281 g/mol. The van der Waals surface area contributed by atoms with Gasteiger partial charge in [0.05, 0.1) is 13.7 Å². The summed E-state index contributed by atoms with van der Waals surface area (Å²) in [7, 11) is 1.65. The summed E-state index contributed by atoms with van der Waals surface area (Å²) < 4.78 is 16.5. The molecule has 0 aromatic heterocycles. The molecule has 4 heteroatoms. The summed E-state index contributed by atoms with van der Waals surface area (Å²) in [5.74, 6) is 2.03. The lowest BCUT2D eigenvalue weighted by Crippen LogP contribution is -2.17. The van der Waals surface area contributed by atoms with Crippen molar-refractivity contribution in [3.63, 3.8) is 0 Å². The zero-order chi connectivity index (χ0) is 15.0. The first kappa shape index (κ1) is 16.8. The van der Waals surface area contributed by atoms with E-state index in [1.165, 1.54) is 0 Å². The molecular formula is C16H27NO3. The number of nitrogens with two attached hydrogens (primary N) is 1. The molecule has 0 aliphatic carbocycles. The van der Waals surface area contributed by atoms with Crippen LogP contribution in [0.4, 0.5) is 0 Å². The van der Waals surface area contributed by atoms with E-state index in [9.17, 15) is 0 Å². The smallest absolute Gasteiger partial charge is 0.161 e. The van der Waals surface area contributed by atoms with E-state index in [0.717, 1.165) is 30.1 Å². The van der Waals surface area contributed by atoms with Crippen molar-refractivity contribution in [1.82, 2.24) is 0 Å². The fourth-order valence-electron chi connectivity index (χ4n) is 1.86. The van der Waals surface area contributed by atoms with Gasteiger partial charge in [-0.2, -0.15) is 0 Å². The van der Waals surface area contributed by atoms with Gasteiger partial charge in [-0.15, -0.1) is 0 Å². The summed E-state index contributed by atoms with van der Waals surface area (Å²) in [4.78, 5) is 0. The Morgan fingerprint density at radius 2 is 1.85 bits per heavy atom. The standard InChI is InChI=1S/C16H27NO3/c1-12(2)11-19-7-8-20-15-6-5-14(9-13(3)17)10-16(15)18-4/h5-6,10,12-13H,7-9,11,17H2,1-4H3. The third kappa shape index (κ3) is 6.26. The van der Waals surface area contributed by atoms with Crippen molar-refractivity contribution in [3.05, 3.63) is 23.8 Å². The van der Waals surface area contributed by atoms with Gasteiger partial charge in [-0.05, 0) is 37.0 Å². The molecule has 0 aliphatic rings.